The van der Waals surface area contributed by atoms with E-state index in [0.717, 1.165) is 36.3 Å². The van der Waals surface area contributed by atoms with Crippen LogP contribution in [-0.2, 0) is 8.23 Å². The van der Waals surface area contributed by atoms with E-state index < -0.39 is 23.8 Å². The van der Waals surface area contributed by atoms with E-state index in [0.29, 0.717) is 0 Å². The Morgan fingerprint density at radius 2 is 0.789 bits per heavy atom. The summed E-state index contributed by atoms with van der Waals surface area (Å²) < 4.78 is 12.5. The van der Waals surface area contributed by atoms with E-state index in [-0.39, 0.29) is 0 Å². The van der Waals surface area contributed by atoms with Crippen LogP contribution in [0.5, 0.6) is 0 Å². The molecular weight excluding hydrogens is 331 g/mol. The number of rotatable bonds is 10. The average molecular weight is 362 g/mol. The van der Waals surface area contributed by atoms with Gasteiger partial charge < -0.3 is 8.23 Å². The molecule has 0 aliphatic carbocycles. The summed E-state index contributed by atoms with van der Waals surface area (Å²) in [4.78, 5) is 0. The van der Waals surface area contributed by atoms with Gasteiger partial charge in [-0.15, -0.1) is 0 Å². The van der Waals surface area contributed by atoms with Crippen molar-refractivity contribution in [3.8, 4) is 0 Å². The Kier molecular flexibility index (Phi) is 9.08. The highest BCUT2D eigenvalue weighted by Crippen LogP contribution is 2.35. The fourth-order valence-electron chi connectivity index (χ4n) is 2.46. The molecule has 0 rings (SSSR count). The lowest BCUT2D eigenvalue weighted by molar-refractivity contribution is 0.413. The molecule has 19 heavy (non-hydrogen) atoms. The van der Waals surface area contributed by atoms with Crippen molar-refractivity contribution in [2.75, 3.05) is 0 Å². The lowest BCUT2D eigenvalue weighted by Crippen LogP contribution is -2.52. The van der Waals surface area contributed by atoms with Gasteiger partial charge in [0.1, 0.15) is 0 Å². The van der Waals surface area contributed by atoms with Crippen LogP contribution >= 0.6 is 22.2 Å². The summed E-state index contributed by atoms with van der Waals surface area (Å²) in [5, 5.41) is 0. The third-order valence-corrected chi connectivity index (χ3v) is 20.4. The molecule has 0 aliphatic heterocycles. The molecule has 0 bridgehead atoms. The number of halogens is 2. The maximum Gasteiger partial charge on any atom is 0.530 e. The molecule has 0 N–H and O–H groups in total. The zero-order valence-electron chi connectivity index (χ0n) is 13.3. The van der Waals surface area contributed by atoms with Crippen LogP contribution in [0.4, 0.5) is 0 Å². The Balaban J connectivity index is 4.96. The van der Waals surface area contributed by atoms with E-state index in [2.05, 4.69) is 41.5 Å². The molecule has 0 aromatic heterocycles. The molecule has 116 valence electrons. The summed E-state index contributed by atoms with van der Waals surface area (Å²) in [6, 6.07) is 6.31. The van der Waals surface area contributed by atoms with Crippen molar-refractivity contribution in [3.63, 3.8) is 0 Å². The molecule has 0 aromatic carbocycles. The first-order chi connectivity index (χ1) is 8.78. The summed E-state index contributed by atoms with van der Waals surface area (Å²) >= 11 is 13.0. The Hall–Kier alpha value is 1.15. The first-order valence-electron chi connectivity index (χ1n) is 7.56. The van der Waals surface area contributed by atoms with Gasteiger partial charge in [-0.05, 0) is 36.3 Å². The largest absolute Gasteiger partial charge is 0.530 e. The van der Waals surface area contributed by atoms with Gasteiger partial charge in [0.25, 0.3) is 0 Å². The van der Waals surface area contributed by atoms with Crippen molar-refractivity contribution < 1.29 is 8.23 Å². The summed E-state index contributed by atoms with van der Waals surface area (Å²) in [6.45, 7) is 13.1. The van der Waals surface area contributed by atoms with Gasteiger partial charge in [-0.3, -0.25) is 0 Å². The zero-order valence-corrected chi connectivity index (χ0v) is 17.8. The molecule has 0 aromatic rings. The van der Waals surface area contributed by atoms with Crippen molar-refractivity contribution >= 4 is 46.0 Å². The topological polar surface area (TPSA) is 18.5 Å². The fraction of sp³-hybridized carbons (Fsp3) is 1.00. The third kappa shape index (κ3) is 5.81. The van der Waals surface area contributed by atoms with Gasteiger partial charge in [0, 0.05) is 0 Å². The normalized spacial score (nSPS) is 13.9. The zero-order chi connectivity index (χ0) is 15.2. The van der Waals surface area contributed by atoms with Gasteiger partial charge in [0.15, 0.2) is 16.6 Å². The van der Waals surface area contributed by atoms with Gasteiger partial charge in [-0.1, -0.05) is 63.7 Å². The quantitative estimate of drug-likeness (QED) is 0.354. The minimum Gasteiger partial charge on any atom is -0.414 e. The van der Waals surface area contributed by atoms with Crippen LogP contribution in [0.3, 0.4) is 0 Å². The smallest absolute Gasteiger partial charge is 0.414 e. The van der Waals surface area contributed by atoms with Crippen molar-refractivity contribution in [2.24, 2.45) is 0 Å². The van der Waals surface area contributed by atoms with E-state index in [1.807, 2.05) is 0 Å². The summed E-state index contributed by atoms with van der Waals surface area (Å²) in [5.74, 6) is 0. The lowest BCUT2D eigenvalue weighted by Gasteiger charge is -2.38. The van der Waals surface area contributed by atoms with Crippen LogP contribution in [0, 0.1) is 0 Å². The van der Waals surface area contributed by atoms with Gasteiger partial charge in [0.2, 0.25) is 0 Å². The second kappa shape index (κ2) is 8.56. The molecule has 0 fully saturated rings. The van der Waals surface area contributed by atoms with Crippen LogP contribution in [0.15, 0.2) is 0 Å². The minimum atomic E-state index is -3.03. The van der Waals surface area contributed by atoms with Crippen molar-refractivity contribution in [1.82, 2.24) is 0 Å². The summed E-state index contributed by atoms with van der Waals surface area (Å²) in [5.41, 5.74) is 0. The van der Waals surface area contributed by atoms with Crippen LogP contribution in [-0.4, -0.2) is 23.8 Å². The standard InChI is InChI=1S/C12H30Cl2O2Si3/c1-7-17(8-2,9-3)15-19(13,14)16-18(10-4,11-5)12-6/h7-12H2,1-6H3. The van der Waals surface area contributed by atoms with Gasteiger partial charge >= 0.3 is 7.18 Å². The van der Waals surface area contributed by atoms with Crippen LogP contribution in [0.2, 0.25) is 36.3 Å². The molecule has 0 saturated heterocycles. The Bertz CT molecular complexity index is 217. The maximum atomic E-state index is 6.51. The first-order valence-corrected chi connectivity index (χ1v) is 16.5. The SMILES string of the molecule is CC[Si](CC)(CC)O[Si](Cl)(Cl)O[Si](CC)(CC)CC. The highest BCUT2D eigenvalue weighted by atomic mass is 35.7. The first kappa shape index (κ1) is 20.2. The monoisotopic (exact) mass is 360 g/mol. The molecule has 2 nitrogen and oxygen atoms in total. The Morgan fingerprint density at radius 3 is 0.947 bits per heavy atom. The van der Waals surface area contributed by atoms with E-state index in [4.69, 9.17) is 30.4 Å². The van der Waals surface area contributed by atoms with Crippen LogP contribution < -0.4 is 0 Å². The van der Waals surface area contributed by atoms with Gasteiger partial charge in [0.05, 0.1) is 0 Å². The van der Waals surface area contributed by atoms with Crippen LogP contribution in [0.1, 0.15) is 41.5 Å². The van der Waals surface area contributed by atoms with Crippen molar-refractivity contribution in [3.05, 3.63) is 0 Å². The average Bonchev–Trinajstić information content (AvgIpc) is 2.42. The molecule has 7 heteroatoms. The molecule has 0 aliphatic rings. The molecule has 0 heterocycles. The molecule has 0 atom stereocenters. The van der Waals surface area contributed by atoms with Crippen molar-refractivity contribution in [2.45, 2.75) is 77.8 Å². The lowest BCUT2D eigenvalue weighted by atomic mass is 10.9. The Morgan fingerprint density at radius 1 is 0.579 bits per heavy atom. The molecule has 0 amide bonds. The predicted octanol–water partition coefficient (Wildman–Crippen LogP) is 5.94. The van der Waals surface area contributed by atoms with Gasteiger partial charge in [-0.25, -0.2) is 0 Å². The summed E-state index contributed by atoms with van der Waals surface area (Å²) in [7, 11) is -6.62. The second-order valence-corrected chi connectivity index (χ2v) is 20.3. The van der Waals surface area contributed by atoms with Crippen molar-refractivity contribution in [1.29, 1.82) is 0 Å². The van der Waals surface area contributed by atoms with Gasteiger partial charge in [-0.2, -0.15) is 0 Å². The molecule has 0 spiro atoms. The van der Waals surface area contributed by atoms with E-state index in [9.17, 15) is 0 Å². The highest BCUT2D eigenvalue weighted by molar-refractivity contribution is 7.42. The fourth-order valence-corrected chi connectivity index (χ4v) is 19.4. The Labute approximate surface area is 132 Å². The third-order valence-electron chi connectivity index (χ3n) is 4.54. The number of hydrogen-bond donors (Lipinski definition) is 0. The molecular formula is C12H30Cl2O2Si3. The predicted molar refractivity (Wildman–Crippen MR) is 94.0 cm³/mol. The van der Waals surface area contributed by atoms with E-state index >= 15 is 0 Å². The van der Waals surface area contributed by atoms with Crippen LogP contribution in [0.25, 0.3) is 0 Å². The van der Waals surface area contributed by atoms with E-state index in [1.165, 1.54) is 0 Å². The minimum absolute atomic E-state index is 1.05. The number of hydrogen-bond acceptors (Lipinski definition) is 2. The summed E-state index contributed by atoms with van der Waals surface area (Å²) in [6.07, 6.45) is 0. The molecule has 0 saturated carbocycles. The maximum absolute atomic E-state index is 6.51. The molecule has 0 radical (unpaired) electrons. The van der Waals surface area contributed by atoms with E-state index in [1.54, 1.807) is 0 Å². The molecule has 0 unspecified atom stereocenters. The highest BCUT2D eigenvalue weighted by Gasteiger charge is 2.48. The second-order valence-electron chi connectivity index (χ2n) is 5.15.